The standard InChI is InChI=1S/C23H27ClN4O3/c1-31-21-8-5-18(24)13-17(21)15-27-9-11-28(12-10-27)22(29)16-3-2-4-20(14-16)26-23(30)25-19-6-7-19/h2-5,8,13-14,19H,6-7,9-12,15H2,1H3,(H2,25,26,30). The summed E-state index contributed by atoms with van der Waals surface area (Å²) >= 11 is 6.14. The van der Waals surface area contributed by atoms with Crippen molar-refractivity contribution in [1.82, 2.24) is 15.1 Å². The van der Waals surface area contributed by atoms with E-state index in [1.807, 2.05) is 23.1 Å². The van der Waals surface area contributed by atoms with Crippen LogP contribution in [0.4, 0.5) is 10.5 Å². The summed E-state index contributed by atoms with van der Waals surface area (Å²) in [6, 6.07) is 12.8. The first-order chi connectivity index (χ1) is 15.0. The van der Waals surface area contributed by atoms with Gasteiger partial charge in [0, 0.05) is 60.6 Å². The van der Waals surface area contributed by atoms with Crippen molar-refractivity contribution >= 4 is 29.2 Å². The maximum atomic E-state index is 13.0. The number of benzene rings is 2. The molecule has 7 nitrogen and oxygen atoms in total. The van der Waals surface area contributed by atoms with E-state index in [1.165, 1.54) is 0 Å². The Morgan fingerprint density at radius 1 is 1.10 bits per heavy atom. The third-order valence-corrected chi connectivity index (χ3v) is 5.81. The van der Waals surface area contributed by atoms with Crippen LogP contribution in [-0.4, -0.2) is 61.1 Å². The summed E-state index contributed by atoms with van der Waals surface area (Å²) in [4.78, 5) is 29.1. The zero-order valence-electron chi connectivity index (χ0n) is 17.6. The van der Waals surface area contributed by atoms with E-state index in [2.05, 4.69) is 15.5 Å². The maximum absolute atomic E-state index is 13.0. The molecule has 1 heterocycles. The SMILES string of the molecule is COc1ccc(Cl)cc1CN1CCN(C(=O)c2cccc(NC(=O)NC3CC3)c2)CC1. The van der Waals surface area contributed by atoms with E-state index in [4.69, 9.17) is 16.3 Å². The summed E-state index contributed by atoms with van der Waals surface area (Å²) in [6.45, 7) is 3.54. The zero-order chi connectivity index (χ0) is 21.8. The lowest BCUT2D eigenvalue weighted by molar-refractivity contribution is 0.0627. The van der Waals surface area contributed by atoms with Crippen molar-refractivity contribution in [2.45, 2.75) is 25.4 Å². The molecule has 1 saturated carbocycles. The lowest BCUT2D eigenvalue weighted by atomic mass is 10.1. The molecule has 0 spiro atoms. The van der Waals surface area contributed by atoms with Crippen LogP contribution in [0.2, 0.25) is 5.02 Å². The number of nitrogens with zero attached hydrogens (tertiary/aromatic N) is 2. The van der Waals surface area contributed by atoms with Crippen molar-refractivity contribution in [2.75, 3.05) is 38.6 Å². The molecular formula is C23H27ClN4O3. The monoisotopic (exact) mass is 442 g/mol. The van der Waals surface area contributed by atoms with Crippen LogP contribution in [0.15, 0.2) is 42.5 Å². The van der Waals surface area contributed by atoms with Gasteiger partial charge in [-0.25, -0.2) is 4.79 Å². The van der Waals surface area contributed by atoms with Crippen LogP contribution < -0.4 is 15.4 Å². The van der Waals surface area contributed by atoms with Crippen LogP contribution in [0.5, 0.6) is 5.75 Å². The van der Waals surface area contributed by atoms with Crippen LogP contribution in [0.1, 0.15) is 28.8 Å². The van der Waals surface area contributed by atoms with E-state index in [0.29, 0.717) is 29.4 Å². The number of methoxy groups -OCH3 is 1. The Balaban J connectivity index is 1.32. The van der Waals surface area contributed by atoms with Crippen molar-refractivity contribution in [1.29, 1.82) is 0 Å². The van der Waals surface area contributed by atoms with Gasteiger partial charge in [-0.15, -0.1) is 0 Å². The van der Waals surface area contributed by atoms with Crippen molar-refractivity contribution in [3.05, 3.63) is 58.6 Å². The van der Waals surface area contributed by atoms with Gasteiger partial charge in [0.05, 0.1) is 7.11 Å². The van der Waals surface area contributed by atoms with Gasteiger partial charge in [-0.1, -0.05) is 17.7 Å². The zero-order valence-corrected chi connectivity index (χ0v) is 18.3. The van der Waals surface area contributed by atoms with Crippen molar-refractivity contribution in [3.63, 3.8) is 0 Å². The first-order valence-electron chi connectivity index (χ1n) is 10.5. The van der Waals surface area contributed by atoms with Crippen molar-refractivity contribution < 1.29 is 14.3 Å². The highest BCUT2D eigenvalue weighted by atomic mass is 35.5. The molecule has 0 atom stereocenters. The van der Waals surface area contributed by atoms with Crippen LogP contribution in [0, 0.1) is 0 Å². The molecule has 164 valence electrons. The lowest BCUT2D eigenvalue weighted by Crippen LogP contribution is -2.48. The van der Waals surface area contributed by atoms with E-state index < -0.39 is 0 Å². The Kier molecular flexibility index (Phi) is 6.63. The molecular weight excluding hydrogens is 416 g/mol. The van der Waals surface area contributed by atoms with Crippen LogP contribution in [0.25, 0.3) is 0 Å². The highest BCUT2D eigenvalue weighted by Gasteiger charge is 2.24. The first-order valence-corrected chi connectivity index (χ1v) is 10.9. The van der Waals surface area contributed by atoms with E-state index in [-0.39, 0.29) is 18.0 Å². The molecule has 0 unspecified atom stereocenters. The van der Waals surface area contributed by atoms with Gasteiger partial charge in [-0.2, -0.15) is 0 Å². The number of piperazine rings is 1. The molecule has 0 bridgehead atoms. The summed E-state index contributed by atoms with van der Waals surface area (Å²) in [5.41, 5.74) is 2.24. The summed E-state index contributed by atoms with van der Waals surface area (Å²) in [5, 5.41) is 6.38. The third-order valence-electron chi connectivity index (χ3n) is 5.58. The van der Waals surface area contributed by atoms with Crippen LogP contribution >= 0.6 is 11.6 Å². The van der Waals surface area contributed by atoms with Gasteiger partial charge in [-0.05, 0) is 49.2 Å². The average molecular weight is 443 g/mol. The van der Waals surface area contributed by atoms with Gasteiger partial charge in [0.1, 0.15) is 5.75 Å². The number of halogens is 1. The Bertz CT molecular complexity index is 956. The molecule has 1 saturated heterocycles. The van der Waals surface area contributed by atoms with Gasteiger partial charge < -0.3 is 20.3 Å². The third kappa shape index (κ3) is 5.68. The first kappa shape index (κ1) is 21.5. The number of carbonyl (C=O) groups excluding carboxylic acids is 2. The smallest absolute Gasteiger partial charge is 0.319 e. The predicted octanol–water partition coefficient (Wildman–Crippen LogP) is 3.59. The predicted molar refractivity (Wildman–Crippen MR) is 121 cm³/mol. The minimum absolute atomic E-state index is 0.0220. The molecule has 1 aliphatic carbocycles. The summed E-state index contributed by atoms with van der Waals surface area (Å²) in [5.74, 6) is 0.796. The molecule has 2 aromatic rings. The highest BCUT2D eigenvalue weighted by molar-refractivity contribution is 6.30. The molecule has 2 fully saturated rings. The number of amides is 3. The van der Waals surface area contributed by atoms with E-state index in [0.717, 1.165) is 43.8 Å². The fourth-order valence-electron chi connectivity index (χ4n) is 3.71. The largest absolute Gasteiger partial charge is 0.496 e. The van der Waals surface area contributed by atoms with Crippen LogP contribution in [0.3, 0.4) is 0 Å². The lowest BCUT2D eigenvalue weighted by Gasteiger charge is -2.35. The fourth-order valence-corrected chi connectivity index (χ4v) is 3.91. The molecule has 3 amide bonds. The molecule has 8 heteroatoms. The van der Waals surface area contributed by atoms with Gasteiger partial charge in [-0.3, -0.25) is 9.69 Å². The summed E-state index contributed by atoms with van der Waals surface area (Å²) in [6.07, 6.45) is 2.06. The second-order valence-electron chi connectivity index (χ2n) is 7.98. The summed E-state index contributed by atoms with van der Waals surface area (Å²) < 4.78 is 5.44. The number of ether oxygens (including phenoxy) is 1. The molecule has 2 aromatic carbocycles. The van der Waals surface area contributed by atoms with E-state index in [9.17, 15) is 9.59 Å². The topological polar surface area (TPSA) is 73.9 Å². The number of carbonyl (C=O) groups is 2. The molecule has 0 radical (unpaired) electrons. The Morgan fingerprint density at radius 2 is 1.87 bits per heavy atom. The summed E-state index contributed by atoms with van der Waals surface area (Å²) in [7, 11) is 1.65. The molecule has 0 aromatic heterocycles. The number of hydrogen-bond acceptors (Lipinski definition) is 4. The molecule has 31 heavy (non-hydrogen) atoms. The Morgan fingerprint density at radius 3 is 2.58 bits per heavy atom. The molecule has 4 rings (SSSR count). The van der Waals surface area contributed by atoms with Crippen LogP contribution in [-0.2, 0) is 6.54 Å². The minimum Gasteiger partial charge on any atom is -0.496 e. The maximum Gasteiger partial charge on any atom is 0.319 e. The van der Waals surface area contributed by atoms with Crippen molar-refractivity contribution in [3.8, 4) is 5.75 Å². The quantitative estimate of drug-likeness (QED) is 0.717. The fraction of sp³-hybridized carbons (Fsp3) is 0.391. The Hall–Kier alpha value is -2.77. The van der Waals surface area contributed by atoms with Gasteiger partial charge >= 0.3 is 6.03 Å². The van der Waals surface area contributed by atoms with Crippen molar-refractivity contribution in [2.24, 2.45) is 0 Å². The highest BCUT2D eigenvalue weighted by Crippen LogP contribution is 2.25. The molecule has 2 aliphatic rings. The second kappa shape index (κ2) is 9.58. The number of hydrogen-bond donors (Lipinski definition) is 2. The van der Waals surface area contributed by atoms with Gasteiger partial charge in [0.15, 0.2) is 0 Å². The molecule has 1 aliphatic heterocycles. The van der Waals surface area contributed by atoms with E-state index >= 15 is 0 Å². The van der Waals surface area contributed by atoms with Gasteiger partial charge in [0.25, 0.3) is 5.91 Å². The number of urea groups is 1. The minimum atomic E-state index is -0.225. The van der Waals surface area contributed by atoms with E-state index in [1.54, 1.807) is 31.4 Å². The normalized spacial score (nSPS) is 16.6. The van der Waals surface area contributed by atoms with Gasteiger partial charge in [0.2, 0.25) is 0 Å². The number of nitrogens with one attached hydrogen (secondary N) is 2. The number of rotatable bonds is 6. The Labute approximate surface area is 187 Å². The molecule has 2 N–H and O–H groups in total. The second-order valence-corrected chi connectivity index (χ2v) is 8.41. The average Bonchev–Trinajstić information content (AvgIpc) is 3.58. The number of anilines is 1.